The highest BCUT2D eigenvalue weighted by Gasteiger charge is 2.24. The van der Waals surface area contributed by atoms with Crippen LogP contribution < -0.4 is 5.73 Å². The number of amides is 2. The fourth-order valence-corrected chi connectivity index (χ4v) is 2.31. The van der Waals surface area contributed by atoms with Crippen LogP contribution in [-0.2, 0) is 4.74 Å². The summed E-state index contributed by atoms with van der Waals surface area (Å²) in [6, 6.07) is 0. The molecule has 1 fully saturated rings. The Kier molecular flexibility index (Phi) is 4.74. The largest absolute Gasteiger partial charge is 0.450 e. The molecule has 1 saturated heterocycles. The van der Waals surface area contributed by atoms with Gasteiger partial charge >= 0.3 is 6.09 Å². The molecule has 2 amide bonds. The molecule has 5 nitrogen and oxygen atoms in total. The summed E-state index contributed by atoms with van der Waals surface area (Å²) in [5, 5.41) is -0.0993. The van der Waals surface area contributed by atoms with Crippen LogP contribution in [0.25, 0.3) is 0 Å². The van der Waals surface area contributed by atoms with E-state index in [4.69, 9.17) is 10.5 Å². The van der Waals surface area contributed by atoms with Gasteiger partial charge in [-0.25, -0.2) is 4.79 Å². The van der Waals surface area contributed by atoms with Crippen LogP contribution in [0.5, 0.6) is 0 Å². The van der Waals surface area contributed by atoms with Crippen LogP contribution in [0.3, 0.4) is 0 Å². The third-order valence-corrected chi connectivity index (χ3v) is 3.29. The number of thioether (sulfide) groups is 1. The average Bonchev–Trinajstić information content (AvgIpc) is 2.18. The summed E-state index contributed by atoms with van der Waals surface area (Å²) in [7, 11) is 0. The number of carbonyl (C=O) groups is 2. The van der Waals surface area contributed by atoms with Crippen LogP contribution in [0.4, 0.5) is 9.59 Å². The lowest BCUT2D eigenvalue weighted by Gasteiger charge is -2.30. The number of hydrogen-bond donors (Lipinski definition) is 1. The van der Waals surface area contributed by atoms with E-state index >= 15 is 0 Å². The van der Waals surface area contributed by atoms with Gasteiger partial charge in [0, 0.05) is 18.3 Å². The maximum absolute atomic E-state index is 11.3. The van der Waals surface area contributed by atoms with Crippen molar-refractivity contribution in [2.75, 3.05) is 19.7 Å². The van der Waals surface area contributed by atoms with E-state index in [0.717, 1.165) is 24.6 Å². The lowest BCUT2D eigenvalue weighted by atomic mass is 10.1. The molecule has 0 atom stereocenters. The van der Waals surface area contributed by atoms with E-state index in [9.17, 15) is 9.59 Å². The van der Waals surface area contributed by atoms with Gasteiger partial charge in [-0.1, -0.05) is 11.8 Å². The molecule has 0 radical (unpaired) electrons. The van der Waals surface area contributed by atoms with Crippen molar-refractivity contribution in [1.82, 2.24) is 4.90 Å². The van der Waals surface area contributed by atoms with Gasteiger partial charge < -0.3 is 15.4 Å². The van der Waals surface area contributed by atoms with Crippen LogP contribution in [0.1, 0.15) is 19.8 Å². The summed E-state index contributed by atoms with van der Waals surface area (Å²) in [4.78, 5) is 23.7. The molecule has 1 aliphatic rings. The number of nitrogens with zero attached hydrogens (tertiary/aromatic N) is 1. The van der Waals surface area contributed by atoms with Crippen molar-refractivity contribution in [1.29, 1.82) is 0 Å². The lowest BCUT2D eigenvalue weighted by Crippen LogP contribution is -2.40. The second kappa shape index (κ2) is 5.85. The van der Waals surface area contributed by atoms with E-state index in [0.29, 0.717) is 19.7 Å². The maximum atomic E-state index is 11.3. The van der Waals surface area contributed by atoms with E-state index in [1.165, 1.54) is 0 Å². The van der Waals surface area contributed by atoms with Crippen LogP contribution in [0, 0.1) is 0 Å². The molecule has 0 unspecified atom stereocenters. The van der Waals surface area contributed by atoms with Crippen LogP contribution >= 0.6 is 11.8 Å². The minimum atomic E-state index is -0.343. The zero-order valence-corrected chi connectivity index (χ0v) is 9.59. The monoisotopic (exact) mass is 232 g/mol. The molecular weight excluding hydrogens is 216 g/mol. The number of piperidine rings is 1. The molecule has 2 N–H and O–H groups in total. The topological polar surface area (TPSA) is 72.6 Å². The van der Waals surface area contributed by atoms with Gasteiger partial charge in [0.05, 0.1) is 6.61 Å². The Morgan fingerprint density at radius 3 is 2.53 bits per heavy atom. The smallest absolute Gasteiger partial charge is 0.409 e. The van der Waals surface area contributed by atoms with Gasteiger partial charge in [0.15, 0.2) is 0 Å². The summed E-state index contributed by atoms with van der Waals surface area (Å²) in [6.45, 7) is 3.47. The third kappa shape index (κ3) is 3.99. The molecule has 0 spiro atoms. The summed E-state index contributed by atoms with van der Waals surface area (Å²) in [5.74, 6) is 0. The summed E-state index contributed by atoms with van der Waals surface area (Å²) in [6.07, 6.45) is 1.33. The maximum Gasteiger partial charge on any atom is 0.409 e. The molecule has 0 saturated carbocycles. The van der Waals surface area contributed by atoms with Gasteiger partial charge in [-0.2, -0.15) is 0 Å². The summed E-state index contributed by atoms with van der Waals surface area (Å²) < 4.78 is 4.89. The van der Waals surface area contributed by atoms with Crippen molar-refractivity contribution in [3.05, 3.63) is 0 Å². The minimum absolute atomic E-state index is 0.244. The molecule has 0 aromatic carbocycles. The van der Waals surface area contributed by atoms with Crippen LogP contribution in [0.15, 0.2) is 0 Å². The zero-order chi connectivity index (χ0) is 11.3. The summed E-state index contributed by atoms with van der Waals surface area (Å²) in [5.41, 5.74) is 5.08. The van der Waals surface area contributed by atoms with Crippen molar-refractivity contribution < 1.29 is 14.3 Å². The highest BCUT2D eigenvalue weighted by atomic mass is 32.2. The molecule has 86 valence electrons. The normalized spacial score (nSPS) is 17.5. The van der Waals surface area contributed by atoms with Crippen LogP contribution in [0.2, 0.25) is 0 Å². The van der Waals surface area contributed by atoms with Crippen LogP contribution in [-0.4, -0.2) is 41.2 Å². The first-order valence-corrected chi connectivity index (χ1v) is 5.89. The number of likely N-dealkylation sites (tertiary alicyclic amines) is 1. The van der Waals surface area contributed by atoms with Gasteiger partial charge in [0.25, 0.3) is 5.24 Å². The zero-order valence-electron chi connectivity index (χ0n) is 8.77. The van der Waals surface area contributed by atoms with E-state index in [2.05, 4.69) is 0 Å². The molecule has 1 heterocycles. The molecule has 0 aliphatic carbocycles. The van der Waals surface area contributed by atoms with Gasteiger partial charge in [0.2, 0.25) is 0 Å². The number of nitrogens with two attached hydrogens (primary N) is 1. The Morgan fingerprint density at radius 2 is 2.07 bits per heavy atom. The predicted molar refractivity (Wildman–Crippen MR) is 58.8 cm³/mol. The van der Waals surface area contributed by atoms with Gasteiger partial charge in [0.1, 0.15) is 0 Å². The molecule has 0 bridgehead atoms. The minimum Gasteiger partial charge on any atom is -0.450 e. The van der Waals surface area contributed by atoms with Crippen molar-refractivity contribution in [2.45, 2.75) is 25.0 Å². The van der Waals surface area contributed by atoms with Gasteiger partial charge in [-0.15, -0.1) is 0 Å². The number of carbonyl (C=O) groups excluding carboxylic acids is 2. The van der Waals surface area contributed by atoms with Crippen molar-refractivity contribution in [3.8, 4) is 0 Å². The van der Waals surface area contributed by atoms with E-state index in [-0.39, 0.29) is 16.6 Å². The lowest BCUT2D eigenvalue weighted by molar-refractivity contribution is 0.100. The van der Waals surface area contributed by atoms with Gasteiger partial charge in [-0.05, 0) is 19.8 Å². The predicted octanol–water partition coefficient (Wildman–Crippen LogP) is 1.42. The van der Waals surface area contributed by atoms with E-state index in [1.54, 1.807) is 11.8 Å². The Labute approximate surface area is 93.3 Å². The third-order valence-electron chi connectivity index (χ3n) is 2.25. The highest BCUT2D eigenvalue weighted by molar-refractivity contribution is 8.14. The molecule has 0 aromatic rings. The standard InChI is InChI=1S/C9H16N2O3S/c1-2-14-9(13)11-5-3-7(4-6-11)15-8(10)12/h7H,2-6H2,1H3,(H2,10,12). The Hall–Kier alpha value is -0.910. The fourth-order valence-electron chi connectivity index (χ4n) is 1.54. The second-order valence-electron chi connectivity index (χ2n) is 3.32. The van der Waals surface area contributed by atoms with Gasteiger partial charge in [-0.3, -0.25) is 4.79 Å². The second-order valence-corrected chi connectivity index (χ2v) is 4.63. The molecular formula is C9H16N2O3S. The number of hydrogen-bond acceptors (Lipinski definition) is 4. The number of rotatable bonds is 2. The Morgan fingerprint density at radius 1 is 1.47 bits per heavy atom. The van der Waals surface area contributed by atoms with Crippen molar-refractivity contribution in [3.63, 3.8) is 0 Å². The average molecular weight is 232 g/mol. The quantitative estimate of drug-likeness (QED) is 0.781. The van der Waals surface area contributed by atoms with Crippen molar-refractivity contribution in [2.24, 2.45) is 5.73 Å². The molecule has 6 heteroatoms. The summed E-state index contributed by atoms with van der Waals surface area (Å²) >= 11 is 1.16. The first-order valence-electron chi connectivity index (χ1n) is 5.01. The SMILES string of the molecule is CCOC(=O)N1CCC(SC(N)=O)CC1. The fraction of sp³-hybridized carbons (Fsp3) is 0.778. The molecule has 1 aliphatic heterocycles. The van der Waals surface area contributed by atoms with Crippen molar-refractivity contribution >= 4 is 23.1 Å². The first-order chi connectivity index (χ1) is 7.13. The number of primary amides is 1. The Balaban J connectivity index is 2.29. The molecule has 15 heavy (non-hydrogen) atoms. The van der Waals surface area contributed by atoms with E-state index < -0.39 is 0 Å². The molecule has 0 aromatic heterocycles. The van der Waals surface area contributed by atoms with E-state index in [1.807, 2.05) is 0 Å². The highest BCUT2D eigenvalue weighted by Crippen LogP contribution is 2.23. The molecule has 1 rings (SSSR count). The first kappa shape index (κ1) is 12.2. The number of ether oxygens (including phenoxy) is 1. The Bertz CT molecular complexity index is 240.